The number of guanidine groups is 1. The van der Waals surface area contributed by atoms with Crippen molar-refractivity contribution < 1.29 is 8.78 Å². The average Bonchev–Trinajstić information content (AvgIpc) is 2.66. The topological polar surface area (TPSA) is 60.2 Å². The fourth-order valence-electron chi connectivity index (χ4n) is 2.18. The van der Waals surface area contributed by atoms with Crippen LogP contribution in [0.4, 0.5) is 8.78 Å². The fraction of sp³-hybridized carbons (Fsp3) is 0.263. The van der Waals surface area contributed by atoms with E-state index < -0.39 is 0 Å². The van der Waals surface area contributed by atoms with Gasteiger partial charge in [0.25, 0.3) is 0 Å². The largest absolute Gasteiger partial charge is 0.356 e. The summed E-state index contributed by atoms with van der Waals surface area (Å²) >= 11 is 1.66. The Balaban J connectivity index is 1.71. The number of benzene rings is 2. The molecule has 0 saturated carbocycles. The monoisotopic (exact) mass is 374 g/mol. The van der Waals surface area contributed by atoms with Crippen molar-refractivity contribution in [2.45, 2.75) is 17.9 Å². The summed E-state index contributed by atoms with van der Waals surface area (Å²) in [5.74, 6) is 0.859. The smallest absolute Gasteiger partial charge is 0.191 e. The van der Waals surface area contributed by atoms with Crippen LogP contribution < -0.4 is 10.6 Å². The highest BCUT2D eigenvalue weighted by Gasteiger charge is 2.05. The standard InChI is InChI=1S/C19H20F2N4S/c1-23-19(25-13-15-11-14(12-22)3-8-18(15)21)24-9-2-10-26-17-6-4-16(20)5-7-17/h3-8,11H,2,9-10,13H2,1H3,(H2,23,24,25). The molecule has 0 radical (unpaired) electrons. The SMILES string of the molecule is CN=C(NCCCSc1ccc(F)cc1)NCc1cc(C#N)ccc1F. The Morgan fingerprint density at radius 2 is 1.92 bits per heavy atom. The Morgan fingerprint density at radius 1 is 1.15 bits per heavy atom. The van der Waals surface area contributed by atoms with E-state index in [0.717, 1.165) is 17.1 Å². The van der Waals surface area contributed by atoms with Crippen LogP contribution in [0.1, 0.15) is 17.5 Å². The van der Waals surface area contributed by atoms with E-state index in [9.17, 15) is 8.78 Å². The predicted octanol–water partition coefficient (Wildman–Crippen LogP) is 3.68. The van der Waals surface area contributed by atoms with Gasteiger partial charge in [-0.15, -0.1) is 11.8 Å². The Hall–Kier alpha value is -2.59. The lowest BCUT2D eigenvalue weighted by Gasteiger charge is -2.12. The number of rotatable bonds is 7. The lowest BCUT2D eigenvalue weighted by Crippen LogP contribution is -2.37. The highest BCUT2D eigenvalue weighted by molar-refractivity contribution is 7.99. The molecule has 2 N–H and O–H groups in total. The molecule has 0 spiro atoms. The Labute approximate surface area is 156 Å². The van der Waals surface area contributed by atoms with Gasteiger partial charge in [-0.05, 0) is 54.6 Å². The van der Waals surface area contributed by atoms with Crippen molar-refractivity contribution in [1.82, 2.24) is 10.6 Å². The van der Waals surface area contributed by atoms with Crippen LogP contribution >= 0.6 is 11.8 Å². The average molecular weight is 374 g/mol. The highest BCUT2D eigenvalue weighted by Crippen LogP contribution is 2.18. The van der Waals surface area contributed by atoms with Gasteiger partial charge in [-0.2, -0.15) is 5.26 Å². The second-order valence-corrected chi connectivity index (χ2v) is 6.59. The minimum Gasteiger partial charge on any atom is -0.356 e. The number of nitriles is 1. The van der Waals surface area contributed by atoms with E-state index in [0.29, 0.717) is 23.6 Å². The lowest BCUT2D eigenvalue weighted by molar-refractivity contribution is 0.604. The summed E-state index contributed by atoms with van der Waals surface area (Å²) in [5, 5.41) is 15.1. The van der Waals surface area contributed by atoms with Crippen molar-refractivity contribution >= 4 is 17.7 Å². The molecule has 136 valence electrons. The van der Waals surface area contributed by atoms with Gasteiger partial charge < -0.3 is 10.6 Å². The van der Waals surface area contributed by atoms with Gasteiger partial charge in [-0.1, -0.05) is 0 Å². The molecule has 0 aliphatic carbocycles. The van der Waals surface area contributed by atoms with Crippen LogP contribution in [0.25, 0.3) is 0 Å². The molecule has 2 aromatic rings. The van der Waals surface area contributed by atoms with Gasteiger partial charge in [0, 0.05) is 30.6 Å². The number of hydrogen-bond donors (Lipinski definition) is 2. The first-order valence-electron chi connectivity index (χ1n) is 8.14. The first-order chi connectivity index (χ1) is 12.6. The van der Waals surface area contributed by atoms with Crippen molar-refractivity contribution in [2.75, 3.05) is 19.3 Å². The van der Waals surface area contributed by atoms with Gasteiger partial charge in [-0.3, -0.25) is 4.99 Å². The summed E-state index contributed by atoms with van der Waals surface area (Å²) in [5.41, 5.74) is 0.836. The maximum atomic E-state index is 13.8. The second kappa shape index (κ2) is 10.4. The summed E-state index contributed by atoms with van der Waals surface area (Å²) in [4.78, 5) is 5.13. The first-order valence-corrected chi connectivity index (χ1v) is 9.12. The highest BCUT2D eigenvalue weighted by atomic mass is 32.2. The van der Waals surface area contributed by atoms with Crippen LogP contribution in [0.5, 0.6) is 0 Å². The minimum atomic E-state index is -0.359. The zero-order valence-corrected chi connectivity index (χ0v) is 15.2. The number of halogens is 2. The van der Waals surface area contributed by atoms with Crippen LogP contribution in [0.3, 0.4) is 0 Å². The molecular weight excluding hydrogens is 354 g/mol. The van der Waals surface area contributed by atoms with Gasteiger partial charge in [0.15, 0.2) is 5.96 Å². The quantitative estimate of drug-likeness (QED) is 0.336. The molecule has 0 unspecified atom stereocenters. The molecular formula is C19H20F2N4S. The zero-order valence-electron chi connectivity index (χ0n) is 14.4. The second-order valence-electron chi connectivity index (χ2n) is 5.43. The van der Waals surface area contributed by atoms with E-state index in [1.807, 2.05) is 6.07 Å². The van der Waals surface area contributed by atoms with Gasteiger partial charge in [0.2, 0.25) is 0 Å². The summed E-state index contributed by atoms with van der Waals surface area (Å²) in [6.45, 7) is 0.944. The number of thioether (sulfide) groups is 1. The van der Waals surface area contributed by atoms with Crippen LogP contribution in [-0.4, -0.2) is 25.3 Å². The van der Waals surface area contributed by atoms with Gasteiger partial charge in [0.05, 0.1) is 11.6 Å². The predicted molar refractivity (Wildman–Crippen MR) is 101 cm³/mol. The lowest BCUT2D eigenvalue weighted by atomic mass is 10.1. The fourth-order valence-corrected chi connectivity index (χ4v) is 3.03. The van der Waals surface area contributed by atoms with Crippen molar-refractivity contribution in [2.24, 2.45) is 4.99 Å². The van der Waals surface area contributed by atoms with Crippen molar-refractivity contribution in [3.8, 4) is 6.07 Å². The molecule has 0 fully saturated rings. The van der Waals surface area contributed by atoms with Crippen LogP contribution in [0, 0.1) is 23.0 Å². The molecule has 0 heterocycles. The third kappa shape index (κ3) is 6.37. The first kappa shape index (κ1) is 19.7. The van der Waals surface area contributed by atoms with Crippen LogP contribution in [0.2, 0.25) is 0 Å². The summed E-state index contributed by atoms with van der Waals surface area (Å²) in [6.07, 6.45) is 0.890. The number of hydrogen-bond acceptors (Lipinski definition) is 3. The molecule has 2 aromatic carbocycles. The third-order valence-corrected chi connectivity index (χ3v) is 4.64. The van der Waals surface area contributed by atoms with E-state index >= 15 is 0 Å². The summed E-state index contributed by atoms with van der Waals surface area (Å²) in [7, 11) is 1.64. The maximum Gasteiger partial charge on any atom is 0.191 e. The number of nitrogens with one attached hydrogen (secondary N) is 2. The van der Waals surface area contributed by atoms with E-state index in [2.05, 4.69) is 15.6 Å². The molecule has 4 nitrogen and oxygen atoms in total. The molecule has 0 atom stereocenters. The minimum absolute atomic E-state index is 0.234. The van der Waals surface area contributed by atoms with E-state index in [1.165, 1.54) is 30.3 Å². The molecule has 0 bridgehead atoms. The van der Waals surface area contributed by atoms with E-state index in [4.69, 9.17) is 5.26 Å². The molecule has 7 heteroatoms. The Morgan fingerprint density at radius 3 is 2.62 bits per heavy atom. The number of nitrogens with zero attached hydrogens (tertiary/aromatic N) is 2. The molecule has 26 heavy (non-hydrogen) atoms. The van der Waals surface area contributed by atoms with E-state index in [-0.39, 0.29) is 18.2 Å². The van der Waals surface area contributed by atoms with Crippen molar-refractivity contribution in [3.63, 3.8) is 0 Å². The third-order valence-electron chi connectivity index (χ3n) is 3.54. The molecule has 0 saturated heterocycles. The van der Waals surface area contributed by atoms with Crippen LogP contribution in [-0.2, 0) is 6.54 Å². The van der Waals surface area contributed by atoms with Crippen LogP contribution in [0.15, 0.2) is 52.4 Å². The molecule has 0 aromatic heterocycles. The molecule has 0 aliphatic heterocycles. The van der Waals surface area contributed by atoms with Gasteiger partial charge >= 0.3 is 0 Å². The van der Waals surface area contributed by atoms with Gasteiger partial charge in [-0.25, -0.2) is 8.78 Å². The Bertz CT molecular complexity index is 785. The van der Waals surface area contributed by atoms with Crippen molar-refractivity contribution in [3.05, 3.63) is 65.2 Å². The normalized spacial score (nSPS) is 11.1. The Kier molecular flexibility index (Phi) is 7.90. The molecule has 0 aliphatic rings. The zero-order chi connectivity index (χ0) is 18.8. The van der Waals surface area contributed by atoms with E-state index in [1.54, 1.807) is 30.9 Å². The maximum absolute atomic E-state index is 13.8. The summed E-state index contributed by atoms with van der Waals surface area (Å²) in [6, 6.07) is 12.7. The molecule has 2 rings (SSSR count). The summed E-state index contributed by atoms with van der Waals surface area (Å²) < 4.78 is 26.6. The van der Waals surface area contributed by atoms with Gasteiger partial charge in [0.1, 0.15) is 11.6 Å². The van der Waals surface area contributed by atoms with Crippen molar-refractivity contribution in [1.29, 1.82) is 5.26 Å². The molecule has 0 amide bonds. The number of aliphatic imine (C=N–C) groups is 1.